The fourth-order valence-corrected chi connectivity index (χ4v) is 3.87. The molecule has 4 unspecified atom stereocenters. The van der Waals surface area contributed by atoms with Crippen LogP contribution in [0.3, 0.4) is 0 Å². The molecule has 4 atom stereocenters. The number of nitrogens with one attached hydrogen (secondary N) is 1. The number of hydrogen-bond donors (Lipinski definition) is 2. The summed E-state index contributed by atoms with van der Waals surface area (Å²) in [6.07, 6.45) is 6.90. The molecule has 2 bridgehead atoms. The molecule has 1 aliphatic heterocycles. The molecule has 0 aromatic heterocycles. The Labute approximate surface area is 107 Å². The summed E-state index contributed by atoms with van der Waals surface area (Å²) in [5, 5.41) is 12.6. The van der Waals surface area contributed by atoms with E-state index < -0.39 is 0 Å². The second kappa shape index (κ2) is 4.92. The molecule has 2 fully saturated rings. The largest absolute Gasteiger partial charge is 0.501 e. The Morgan fingerprint density at radius 3 is 3.00 bits per heavy atom. The number of aliphatic hydroxyl groups is 1. The van der Waals surface area contributed by atoms with E-state index in [-0.39, 0.29) is 24.5 Å². The number of hydrogen-bond acceptors (Lipinski definition) is 3. The van der Waals surface area contributed by atoms with Gasteiger partial charge in [-0.15, -0.1) is 0 Å². The van der Waals surface area contributed by atoms with Gasteiger partial charge in [-0.3, -0.25) is 4.79 Å². The predicted molar refractivity (Wildman–Crippen MR) is 66.6 cm³/mol. The first-order valence-corrected chi connectivity index (χ1v) is 7.02. The zero-order valence-corrected chi connectivity index (χ0v) is 10.6. The average Bonchev–Trinajstić information content (AvgIpc) is 3.00. The van der Waals surface area contributed by atoms with E-state index in [0.29, 0.717) is 18.4 Å². The van der Waals surface area contributed by atoms with Crippen LogP contribution in [0.15, 0.2) is 11.8 Å². The Morgan fingerprint density at radius 1 is 1.44 bits per heavy atom. The highest BCUT2D eigenvalue weighted by molar-refractivity contribution is 5.93. The highest BCUT2D eigenvalue weighted by atomic mass is 16.5. The van der Waals surface area contributed by atoms with Crippen LogP contribution in [0.25, 0.3) is 0 Å². The van der Waals surface area contributed by atoms with Crippen molar-refractivity contribution in [2.45, 2.75) is 38.1 Å². The van der Waals surface area contributed by atoms with E-state index in [1.54, 1.807) is 6.26 Å². The van der Waals surface area contributed by atoms with Gasteiger partial charge in [0.15, 0.2) is 0 Å². The summed E-state index contributed by atoms with van der Waals surface area (Å²) in [6, 6.07) is 0.170. The maximum Gasteiger partial charge on any atom is 0.250 e. The topological polar surface area (TPSA) is 58.6 Å². The van der Waals surface area contributed by atoms with E-state index in [1.807, 2.05) is 0 Å². The van der Waals surface area contributed by atoms with Gasteiger partial charge in [0.1, 0.15) is 0 Å². The van der Waals surface area contributed by atoms with Gasteiger partial charge in [-0.25, -0.2) is 0 Å². The number of ether oxygens (including phenoxy) is 1. The molecule has 4 heteroatoms. The van der Waals surface area contributed by atoms with Crippen molar-refractivity contribution >= 4 is 5.91 Å². The first-order valence-electron chi connectivity index (χ1n) is 7.02. The molecular formula is C14H21NO3. The van der Waals surface area contributed by atoms with Crippen molar-refractivity contribution in [2.24, 2.45) is 17.8 Å². The smallest absolute Gasteiger partial charge is 0.250 e. The zero-order chi connectivity index (χ0) is 12.5. The number of rotatable bonds is 3. The Hall–Kier alpha value is -1.03. The van der Waals surface area contributed by atoms with Crippen LogP contribution in [0.5, 0.6) is 0 Å². The predicted octanol–water partition coefficient (Wildman–Crippen LogP) is 1.20. The quantitative estimate of drug-likeness (QED) is 0.792. The molecule has 0 aromatic carbocycles. The molecule has 100 valence electrons. The third kappa shape index (κ3) is 2.03. The standard InChI is InChI=1S/C14H21NO3/c16-7-12-9-3-4-10(6-9)13(12)15-14(17)11-2-1-5-18-8-11/h8-10,12-13,16H,1-7H2,(H,15,17). The van der Waals surface area contributed by atoms with E-state index in [4.69, 9.17) is 4.74 Å². The lowest BCUT2D eigenvalue weighted by molar-refractivity contribution is -0.119. The molecule has 4 nitrogen and oxygen atoms in total. The fraction of sp³-hybridized carbons (Fsp3) is 0.786. The van der Waals surface area contributed by atoms with Crippen LogP contribution in [0.1, 0.15) is 32.1 Å². The number of aliphatic hydroxyl groups excluding tert-OH is 1. The molecule has 2 saturated carbocycles. The SMILES string of the molecule is O=C(NC1C2CCC(C2)C1CO)C1=COCCC1. The van der Waals surface area contributed by atoms with Crippen molar-refractivity contribution in [3.8, 4) is 0 Å². The molecule has 2 aliphatic carbocycles. The molecule has 1 heterocycles. The average molecular weight is 251 g/mol. The van der Waals surface area contributed by atoms with Gasteiger partial charge in [0.25, 0.3) is 5.91 Å². The summed E-state index contributed by atoms with van der Waals surface area (Å²) in [5.74, 6) is 1.45. The number of fused-ring (bicyclic) bond motifs is 2. The maximum atomic E-state index is 12.2. The maximum absolute atomic E-state index is 12.2. The third-order valence-corrected chi connectivity index (χ3v) is 4.82. The summed E-state index contributed by atoms with van der Waals surface area (Å²) in [6.45, 7) is 0.909. The van der Waals surface area contributed by atoms with Gasteiger partial charge in [0.2, 0.25) is 0 Å². The van der Waals surface area contributed by atoms with Crippen molar-refractivity contribution in [3.05, 3.63) is 11.8 Å². The van der Waals surface area contributed by atoms with Crippen LogP contribution in [-0.2, 0) is 9.53 Å². The van der Waals surface area contributed by atoms with E-state index in [1.165, 1.54) is 19.3 Å². The number of carbonyl (C=O) groups is 1. The highest BCUT2D eigenvalue weighted by Gasteiger charge is 2.47. The monoisotopic (exact) mass is 251 g/mol. The van der Waals surface area contributed by atoms with Crippen LogP contribution in [0.2, 0.25) is 0 Å². The first-order chi connectivity index (χ1) is 8.79. The van der Waals surface area contributed by atoms with E-state index in [0.717, 1.165) is 18.4 Å². The minimum atomic E-state index is 0.00528. The van der Waals surface area contributed by atoms with Gasteiger partial charge >= 0.3 is 0 Å². The lowest BCUT2D eigenvalue weighted by Crippen LogP contribution is -2.45. The minimum Gasteiger partial charge on any atom is -0.501 e. The van der Waals surface area contributed by atoms with Crippen molar-refractivity contribution < 1.29 is 14.6 Å². The molecule has 2 N–H and O–H groups in total. The minimum absolute atomic E-state index is 0.00528. The molecule has 0 spiro atoms. The Balaban J connectivity index is 1.65. The Morgan fingerprint density at radius 2 is 2.28 bits per heavy atom. The summed E-state index contributed by atoms with van der Waals surface area (Å²) < 4.78 is 5.21. The van der Waals surface area contributed by atoms with Crippen molar-refractivity contribution in [1.82, 2.24) is 5.32 Å². The van der Waals surface area contributed by atoms with Gasteiger partial charge in [0, 0.05) is 18.6 Å². The Bertz CT molecular complexity index is 366. The fourth-order valence-electron chi connectivity index (χ4n) is 3.87. The van der Waals surface area contributed by atoms with Crippen LogP contribution < -0.4 is 5.32 Å². The summed E-state index contributed by atoms with van der Waals surface area (Å²) >= 11 is 0. The van der Waals surface area contributed by atoms with E-state index in [9.17, 15) is 9.90 Å². The number of carbonyl (C=O) groups excluding carboxylic acids is 1. The molecule has 0 aromatic rings. The Kier molecular flexibility index (Phi) is 3.29. The van der Waals surface area contributed by atoms with Crippen LogP contribution in [0, 0.1) is 17.8 Å². The van der Waals surface area contributed by atoms with Gasteiger partial charge in [0.05, 0.1) is 18.4 Å². The van der Waals surface area contributed by atoms with Crippen LogP contribution >= 0.6 is 0 Å². The molecule has 1 amide bonds. The van der Waals surface area contributed by atoms with Gasteiger partial charge in [-0.05, 0) is 43.9 Å². The summed E-state index contributed by atoms with van der Waals surface area (Å²) in [7, 11) is 0. The normalized spacial score (nSPS) is 38.2. The third-order valence-electron chi connectivity index (χ3n) is 4.82. The van der Waals surface area contributed by atoms with Gasteiger partial charge in [-0.1, -0.05) is 0 Å². The summed E-state index contributed by atoms with van der Waals surface area (Å²) in [5.41, 5.74) is 0.751. The summed E-state index contributed by atoms with van der Waals surface area (Å²) in [4.78, 5) is 12.2. The van der Waals surface area contributed by atoms with E-state index >= 15 is 0 Å². The lowest BCUT2D eigenvalue weighted by Gasteiger charge is -2.31. The molecular weight excluding hydrogens is 230 g/mol. The molecule has 18 heavy (non-hydrogen) atoms. The molecule has 3 rings (SSSR count). The molecule has 0 saturated heterocycles. The van der Waals surface area contributed by atoms with Crippen molar-refractivity contribution in [1.29, 1.82) is 0 Å². The molecule has 0 radical (unpaired) electrons. The highest BCUT2D eigenvalue weighted by Crippen LogP contribution is 2.48. The van der Waals surface area contributed by atoms with Crippen LogP contribution in [0.4, 0.5) is 0 Å². The lowest BCUT2D eigenvalue weighted by atomic mass is 9.85. The second-order valence-corrected chi connectivity index (χ2v) is 5.80. The molecule has 3 aliphatic rings. The van der Waals surface area contributed by atoms with Gasteiger partial charge in [-0.2, -0.15) is 0 Å². The van der Waals surface area contributed by atoms with Gasteiger partial charge < -0.3 is 15.2 Å². The van der Waals surface area contributed by atoms with Crippen LogP contribution in [-0.4, -0.2) is 30.3 Å². The van der Waals surface area contributed by atoms with E-state index in [2.05, 4.69) is 5.32 Å². The van der Waals surface area contributed by atoms with Crippen molar-refractivity contribution in [2.75, 3.05) is 13.2 Å². The number of amides is 1. The zero-order valence-electron chi connectivity index (χ0n) is 10.6. The first kappa shape index (κ1) is 12.0. The second-order valence-electron chi connectivity index (χ2n) is 5.80. The van der Waals surface area contributed by atoms with Crippen molar-refractivity contribution in [3.63, 3.8) is 0 Å².